The van der Waals surface area contributed by atoms with Crippen molar-refractivity contribution in [3.8, 4) is 0 Å². The Balaban J connectivity index is 1.78. The topological polar surface area (TPSA) is 72.9 Å². The minimum atomic E-state index is -0.745. The van der Waals surface area contributed by atoms with Gasteiger partial charge in [0.15, 0.2) is 0 Å². The van der Waals surface area contributed by atoms with E-state index in [2.05, 4.69) is 10.2 Å². The van der Waals surface area contributed by atoms with Crippen LogP contribution in [0.3, 0.4) is 0 Å². The summed E-state index contributed by atoms with van der Waals surface area (Å²) in [6.45, 7) is 1.54. The van der Waals surface area contributed by atoms with E-state index >= 15 is 0 Å². The molecular weight excluding hydrogens is 246 g/mol. The number of urea groups is 1. The number of carboxylic acids is 1. The highest BCUT2D eigenvalue weighted by molar-refractivity contribution is 5.75. The van der Waals surface area contributed by atoms with E-state index in [1.807, 2.05) is 19.0 Å². The highest BCUT2D eigenvalue weighted by Gasteiger charge is 2.33. The Labute approximate surface area is 113 Å². The van der Waals surface area contributed by atoms with Crippen molar-refractivity contribution in [2.75, 3.05) is 27.2 Å². The van der Waals surface area contributed by atoms with Gasteiger partial charge in [-0.3, -0.25) is 4.79 Å². The Morgan fingerprint density at radius 2 is 2.00 bits per heavy atom. The number of hydrogen-bond donors (Lipinski definition) is 2. The highest BCUT2D eigenvalue weighted by Crippen LogP contribution is 2.26. The molecule has 19 heavy (non-hydrogen) atoms. The molecule has 0 radical (unpaired) electrons. The summed E-state index contributed by atoms with van der Waals surface area (Å²) in [5.41, 5.74) is 0. The first-order chi connectivity index (χ1) is 8.97. The average molecular weight is 269 g/mol. The van der Waals surface area contributed by atoms with Crippen LogP contribution in [0, 0.1) is 5.92 Å². The lowest BCUT2D eigenvalue weighted by Crippen LogP contribution is -2.44. The van der Waals surface area contributed by atoms with E-state index in [1.165, 1.54) is 0 Å². The number of aliphatic carboxylic acids is 1. The number of carbonyl (C=O) groups excluding carboxylic acids is 1. The van der Waals surface area contributed by atoms with E-state index in [-0.39, 0.29) is 18.0 Å². The number of nitrogens with one attached hydrogen (secondary N) is 1. The summed E-state index contributed by atoms with van der Waals surface area (Å²) in [4.78, 5) is 26.9. The summed E-state index contributed by atoms with van der Waals surface area (Å²) < 4.78 is 0. The molecule has 0 aromatic rings. The van der Waals surface area contributed by atoms with Crippen molar-refractivity contribution in [3.05, 3.63) is 0 Å². The Morgan fingerprint density at radius 3 is 2.53 bits per heavy atom. The zero-order valence-corrected chi connectivity index (χ0v) is 11.6. The molecule has 3 atom stereocenters. The molecule has 1 heterocycles. The first-order valence-corrected chi connectivity index (χ1v) is 6.92. The highest BCUT2D eigenvalue weighted by atomic mass is 16.4. The van der Waals surface area contributed by atoms with E-state index in [9.17, 15) is 9.59 Å². The van der Waals surface area contributed by atoms with Gasteiger partial charge in [-0.15, -0.1) is 0 Å². The van der Waals surface area contributed by atoms with Crippen LogP contribution in [-0.4, -0.2) is 66.2 Å². The lowest BCUT2D eigenvalue weighted by Gasteiger charge is -2.22. The molecule has 0 aromatic heterocycles. The first-order valence-electron chi connectivity index (χ1n) is 6.92. The van der Waals surface area contributed by atoms with Crippen molar-refractivity contribution >= 4 is 12.0 Å². The summed E-state index contributed by atoms with van der Waals surface area (Å²) in [5, 5.41) is 11.9. The van der Waals surface area contributed by atoms with Crippen LogP contribution in [-0.2, 0) is 4.79 Å². The fourth-order valence-electron chi connectivity index (χ4n) is 2.95. The van der Waals surface area contributed by atoms with Gasteiger partial charge < -0.3 is 20.2 Å². The number of rotatable bonds is 3. The van der Waals surface area contributed by atoms with Gasteiger partial charge in [0, 0.05) is 25.2 Å². The van der Waals surface area contributed by atoms with E-state index in [0.29, 0.717) is 18.9 Å². The van der Waals surface area contributed by atoms with Gasteiger partial charge in [-0.1, -0.05) is 0 Å². The second kappa shape index (κ2) is 5.77. The molecule has 108 valence electrons. The summed E-state index contributed by atoms with van der Waals surface area (Å²) >= 11 is 0. The second-order valence-corrected chi connectivity index (χ2v) is 5.85. The molecule has 1 aliphatic carbocycles. The van der Waals surface area contributed by atoms with Crippen LogP contribution in [0.2, 0.25) is 0 Å². The Bertz CT molecular complexity index is 359. The van der Waals surface area contributed by atoms with Gasteiger partial charge in [-0.05, 0) is 39.8 Å². The fraction of sp³-hybridized carbons (Fsp3) is 0.846. The number of hydrogen-bond acceptors (Lipinski definition) is 3. The standard InChI is InChI=1S/C13H23N3O3/c1-15(2)11-5-6-16(8-11)13(19)14-10-4-3-9(7-10)12(17)18/h9-11H,3-8H2,1-2H3,(H,14,19)(H,17,18). The van der Waals surface area contributed by atoms with Crippen molar-refractivity contribution < 1.29 is 14.7 Å². The Morgan fingerprint density at radius 1 is 1.26 bits per heavy atom. The predicted molar refractivity (Wildman–Crippen MR) is 71.0 cm³/mol. The van der Waals surface area contributed by atoms with Crippen LogP contribution in [0.5, 0.6) is 0 Å². The van der Waals surface area contributed by atoms with Gasteiger partial charge in [-0.25, -0.2) is 4.79 Å². The number of carboxylic acid groups (broad SMARTS) is 1. The normalized spacial score (nSPS) is 30.9. The van der Waals surface area contributed by atoms with Crippen LogP contribution in [0.4, 0.5) is 4.79 Å². The molecule has 1 saturated heterocycles. The molecule has 2 rings (SSSR count). The van der Waals surface area contributed by atoms with E-state index < -0.39 is 5.97 Å². The van der Waals surface area contributed by atoms with Crippen molar-refractivity contribution in [1.82, 2.24) is 15.1 Å². The fourth-order valence-corrected chi connectivity index (χ4v) is 2.95. The number of carbonyl (C=O) groups is 2. The van der Waals surface area contributed by atoms with Crippen molar-refractivity contribution in [3.63, 3.8) is 0 Å². The summed E-state index contributed by atoms with van der Waals surface area (Å²) in [6.07, 6.45) is 3.00. The minimum absolute atomic E-state index is 0.0204. The van der Waals surface area contributed by atoms with Gasteiger partial charge in [-0.2, -0.15) is 0 Å². The SMILES string of the molecule is CN(C)C1CCN(C(=O)NC2CCC(C(=O)O)C2)C1. The van der Waals surface area contributed by atoms with Crippen LogP contribution in [0.15, 0.2) is 0 Å². The summed E-state index contributed by atoms with van der Waals surface area (Å²) in [5.74, 6) is -1.04. The molecule has 2 amide bonds. The molecule has 2 N–H and O–H groups in total. The molecule has 1 aliphatic heterocycles. The molecule has 6 nitrogen and oxygen atoms in total. The quantitative estimate of drug-likeness (QED) is 0.786. The summed E-state index contributed by atoms with van der Waals surface area (Å²) in [7, 11) is 4.06. The third-order valence-corrected chi connectivity index (χ3v) is 4.29. The van der Waals surface area contributed by atoms with Crippen LogP contribution in [0.25, 0.3) is 0 Å². The maximum Gasteiger partial charge on any atom is 0.317 e. The molecule has 2 aliphatic rings. The van der Waals surface area contributed by atoms with E-state index in [4.69, 9.17) is 5.11 Å². The van der Waals surface area contributed by atoms with Gasteiger partial charge in [0.05, 0.1) is 5.92 Å². The number of likely N-dealkylation sites (tertiary alicyclic amines) is 1. The zero-order valence-electron chi connectivity index (χ0n) is 11.6. The van der Waals surface area contributed by atoms with E-state index in [1.54, 1.807) is 0 Å². The van der Waals surface area contributed by atoms with Crippen molar-refractivity contribution in [2.24, 2.45) is 5.92 Å². The molecule has 3 unspecified atom stereocenters. The maximum atomic E-state index is 12.1. The van der Waals surface area contributed by atoms with Gasteiger partial charge in [0.2, 0.25) is 0 Å². The van der Waals surface area contributed by atoms with E-state index in [0.717, 1.165) is 25.9 Å². The predicted octanol–water partition coefficient (Wildman–Crippen LogP) is 0.585. The van der Waals surface area contributed by atoms with Crippen LogP contribution >= 0.6 is 0 Å². The lowest BCUT2D eigenvalue weighted by molar-refractivity contribution is -0.141. The van der Waals surface area contributed by atoms with Crippen molar-refractivity contribution in [2.45, 2.75) is 37.8 Å². The zero-order chi connectivity index (χ0) is 14.0. The molecule has 6 heteroatoms. The molecule has 2 fully saturated rings. The molecule has 0 spiro atoms. The Kier molecular flexibility index (Phi) is 4.29. The second-order valence-electron chi connectivity index (χ2n) is 5.85. The smallest absolute Gasteiger partial charge is 0.317 e. The van der Waals surface area contributed by atoms with Gasteiger partial charge in [0.25, 0.3) is 0 Å². The maximum absolute atomic E-state index is 12.1. The minimum Gasteiger partial charge on any atom is -0.481 e. The third-order valence-electron chi connectivity index (χ3n) is 4.29. The Hall–Kier alpha value is -1.30. The molecule has 0 bridgehead atoms. The molecule has 1 saturated carbocycles. The number of amides is 2. The van der Waals surface area contributed by atoms with Crippen LogP contribution in [0.1, 0.15) is 25.7 Å². The largest absolute Gasteiger partial charge is 0.481 e. The van der Waals surface area contributed by atoms with Gasteiger partial charge >= 0.3 is 12.0 Å². The average Bonchev–Trinajstić information content (AvgIpc) is 2.96. The molecular formula is C13H23N3O3. The van der Waals surface area contributed by atoms with Gasteiger partial charge in [0.1, 0.15) is 0 Å². The molecule has 0 aromatic carbocycles. The third kappa shape index (κ3) is 3.37. The number of nitrogens with zero attached hydrogens (tertiary/aromatic N) is 2. The monoisotopic (exact) mass is 269 g/mol. The van der Waals surface area contributed by atoms with Crippen LogP contribution < -0.4 is 5.32 Å². The van der Waals surface area contributed by atoms with Crippen molar-refractivity contribution in [1.29, 1.82) is 0 Å². The summed E-state index contributed by atoms with van der Waals surface area (Å²) in [6, 6.07) is 0.411. The first kappa shape index (κ1) is 14.1. The lowest BCUT2D eigenvalue weighted by atomic mass is 10.1. The number of likely N-dealkylation sites (N-methyl/N-ethyl adjacent to an activating group) is 1.